The van der Waals surface area contributed by atoms with Crippen LogP contribution in [-0.2, 0) is 0 Å². The van der Waals surface area contributed by atoms with Crippen LogP contribution in [0, 0.1) is 0 Å². The normalized spacial score (nSPS) is 11.7. The third-order valence-corrected chi connectivity index (χ3v) is 3.59. The maximum atomic E-state index is 12.0. The van der Waals surface area contributed by atoms with Gasteiger partial charge >= 0.3 is 5.63 Å². The van der Waals surface area contributed by atoms with Crippen molar-refractivity contribution in [1.82, 2.24) is 4.98 Å². The van der Waals surface area contributed by atoms with E-state index in [2.05, 4.69) is 4.98 Å². The molecule has 0 fully saturated rings. The average molecular weight is 344 g/mol. The quantitative estimate of drug-likeness (QED) is 0.774. The summed E-state index contributed by atoms with van der Waals surface area (Å²) in [4.78, 5) is 16.3. The number of aromatic nitrogens is 1. The van der Waals surface area contributed by atoms with Crippen molar-refractivity contribution >= 4 is 33.6 Å². The summed E-state index contributed by atoms with van der Waals surface area (Å²) >= 11 is 6.24. The summed E-state index contributed by atoms with van der Waals surface area (Å²) in [6, 6.07) is 11.7. The lowest BCUT2D eigenvalue weighted by atomic mass is 10.2. The number of hydrogen-bond donors (Lipinski definition) is 1. The Hall–Kier alpha value is -2.79. The Morgan fingerprint density at radius 3 is 2.92 bits per heavy atom. The molecular weight excluding hydrogens is 330 g/mol. The number of para-hydroxylation sites is 1. The maximum Gasteiger partial charge on any atom is 0.347 e. The number of phenolic OH excluding ortho intramolecular Hbond substituents is 1. The first kappa shape index (κ1) is 16.1. The molecular formula is C18H14ClNO4. The second-order valence-electron chi connectivity index (χ2n) is 4.98. The number of phenols is 1. The van der Waals surface area contributed by atoms with Crippen LogP contribution in [0.25, 0.3) is 22.0 Å². The van der Waals surface area contributed by atoms with E-state index in [-0.39, 0.29) is 16.7 Å². The highest BCUT2D eigenvalue weighted by Gasteiger charge is 2.10. The zero-order valence-electron chi connectivity index (χ0n) is 12.8. The van der Waals surface area contributed by atoms with Gasteiger partial charge in [0.05, 0.1) is 17.5 Å². The SMILES string of the molecule is CCOc1cc(/C=C(\Cl)c2nc3ccccc3c(=O)o2)ccc1O. The van der Waals surface area contributed by atoms with Crippen LogP contribution in [0.2, 0.25) is 0 Å². The largest absolute Gasteiger partial charge is 0.504 e. The van der Waals surface area contributed by atoms with E-state index in [1.165, 1.54) is 6.07 Å². The summed E-state index contributed by atoms with van der Waals surface area (Å²) in [6.07, 6.45) is 1.59. The topological polar surface area (TPSA) is 72.6 Å². The Morgan fingerprint density at radius 2 is 2.12 bits per heavy atom. The molecule has 0 unspecified atom stereocenters. The second-order valence-corrected chi connectivity index (χ2v) is 5.38. The number of hydrogen-bond acceptors (Lipinski definition) is 5. The lowest BCUT2D eigenvalue weighted by molar-refractivity contribution is 0.318. The average Bonchev–Trinajstić information content (AvgIpc) is 2.58. The Kier molecular flexibility index (Phi) is 4.53. The molecule has 0 radical (unpaired) electrons. The van der Waals surface area contributed by atoms with Crippen molar-refractivity contribution in [1.29, 1.82) is 0 Å². The highest BCUT2D eigenvalue weighted by Crippen LogP contribution is 2.29. The summed E-state index contributed by atoms with van der Waals surface area (Å²) in [5, 5.41) is 10.3. The summed E-state index contributed by atoms with van der Waals surface area (Å²) in [6.45, 7) is 2.25. The van der Waals surface area contributed by atoms with E-state index < -0.39 is 5.63 Å². The first-order chi connectivity index (χ1) is 11.6. The van der Waals surface area contributed by atoms with Gasteiger partial charge in [-0.05, 0) is 42.8 Å². The van der Waals surface area contributed by atoms with E-state index in [9.17, 15) is 9.90 Å². The van der Waals surface area contributed by atoms with Crippen molar-refractivity contribution in [2.45, 2.75) is 6.92 Å². The Labute approximate surface area is 142 Å². The molecule has 0 spiro atoms. The van der Waals surface area contributed by atoms with Crippen molar-refractivity contribution in [3.05, 3.63) is 64.3 Å². The highest BCUT2D eigenvalue weighted by atomic mass is 35.5. The molecule has 0 saturated heterocycles. The molecule has 6 heteroatoms. The van der Waals surface area contributed by atoms with Gasteiger partial charge in [0.2, 0.25) is 5.89 Å². The van der Waals surface area contributed by atoms with Crippen molar-refractivity contribution < 1.29 is 14.3 Å². The van der Waals surface area contributed by atoms with Crippen LogP contribution in [0.3, 0.4) is 0 Å². The number of rotatable bonds is 4. The van der Waals surface area contributed by atoms with Crippen LogP contribution in [0.5, 0.6) is 11.5 Å². The Morgan fingerprint density at radius 1 is 1.33 bits per heavy atom. The molecule has 2 aromatic carbocycles. The maximum absolute atomic E-state index is 12.0. The minimum atomic E-state index is -0.497. The fraction of sp³-hybridized carbons (Fsp3) is 0.111. The fourth-order valence-corrected chi connectivity index (χ4v) is 2.43. The summed E-state index contributed by atoms with van der Waals surface area (Å²) in [5.41, 5.74) is 0.692. The zero-order chi connectivity index (χ0) is 17.1. The summed E-state index contributed by atoms with van der Waals surface area (Å²) in [5.74, 6) is 0.426. The van der Waals surface area contributed by atoms with E-state index in [1.54, 1.807) is 42.5 Å². The monoisotopic (exact) mass is 343 g/mol. The highest BCUT2D eigenvalue weighted by molar-refractivity contribution is 6.50. The Bertz CT molecular complexity index is 978. The van der Waals surface area contributed by atoms with Crippen molar-refractivity contribution in [3.8, 4) is 11.5 Å². The first-order valence-corrected chi connectivity index (χ1v) is 7.69. The van der Waals surface area contributed by atoms with Crippen LogP contribution >= 0.6 is 11.6 Å². The van der Waals surface area contributed by atoms with Crippen LogP contribution < -0.4 is 10.4 Å². The molecule has 24 heavy (non-hydrogen) atoms. The van der Waals surface area contributed by atoms with Crippen molar-refractivity contribution in [2.75, 3.05) is 6.61 Å². The van der Waals surface area contributed by atoms with Crippen LogP contribution in [0.15, 0.2) is 51.7 Å². The number of ether oxygens (including phenoxy) is 1. The van der Waals surface area contributed by atoms with Gasteiger partial charge < -0.3 is 14.3 Å². The molecule has 0 atom stereocenters. The van der Waals surface area contributed by atoms with Crippen LogP contribution in [-0.4, -0.2) is 16.7 Å². The predicted octanol–water partition coefficient (Wildman–Crippen LogP) is 4.03. The second kappa shape index (κ2) is 6.76. The zero-order valence-corrected chi connectivity index (χ0v) is 13.6. The lowest BCUT2D eigenvalue weighted by Gasteiger charge is -2.06. The summed E-state index contributed by atoms with van der Waals surface area (Å²) in [7, 11) is 0. The van der Waals surface area contributed by atoms with E-state index >= 15 is 0 Å². The van der Waals surface area contributed by atoms with Crippen LogP contribution in [0.1, 0.15) is 18.4 Å². The van der Waals surface area contributed by atoms with Crippen molar-refractivity contribution in [3.63, 3.8) is 0 Å². The molecule has 5 nitrogen and oxygen atoms in total. The third kappa shape index (κ3) is 3.26. The number of fused-ring (bicyclic) bond motifs is 1. The molecule has 0 aliphatic rings. The standard InChI is InChI=1S/C18H14ClNO4/c1-2-23-16-10-11(7-8-15(16)21)9-13(19)17-20-14-6-4-3-5-12(14)18(22)24-17/h3-10,21H,2H2,1H3/b13-9-. The van der Waals surface area contributed by atoms with Gasteiger partial charge in [-0.15, -0.1) is 0 Å². The van der Waals surface area contributed by atoms with Crippen molar-refractivity contribution in [2.24, 2.45) is 0 Å². The van der Waals surface area contributed by atoms with Crippen LogP contribution in [0.4, 0.5) is 0 Å². The van der Waals surface area contributed by atoms with Gasteiger partial charge in [-0.1, -0.05) is 29.8 Å². The van der Waals surface area contributed by atoms with Gasteiger partial charge in [-0.2, -0.15) is 0 Å². The van der Waals surface area contributed by atoms with Gasteiger partial charge in [0.15, 0.2) is 11.5 Å². The number of aromatic hydroxyl groups is 1. The van der Waals surface area contributed by atoms with Gasteiger partial charge in [0.1, 0.15) is 5.03 Å². The molecule has 1 N–H and O–H groups in total. The molecule has 122 valence electrons. The molecule has 0 amide bonds. The van der Waals surface area contributed by atoms with E-state index in [0.29, 0.717) is 28.8 Å². The fourth-order valence-electron chi connectivity index (χ4n) is 2.22. The minimum Gasteiger partial charge on any atom is -0.504 e. The molecule has 3 aromatic rings. The smallest absolute Gasteiger partial charge is 0.347 e. The molecule has 0 saturated carbocycles. The van der Waals surface area contributed by atoms with E-state index in [0.717, 1.165) is 0 Å². The molecule has 0 aliphatic carbocycles. The lowest BCUT2D eigenvalue weighted by Crippen LogP contribution is -2.03. The molecule has 1 heterocycles. The number of nitrogens with zero attached hydrogens (tertiary/aromatic N) is 1. The van der Waals surface area contributed by atoms with Gasteiger partial charge in [0, 0.05) is 0 Å². The molecule has 0 aliphatic heterocycles. The third-order valence-electron chi connectivity index (χ3n) is 3.32. The number of halogens is 1. The molecule has 1 aromatic heterocycles. The van der Waals surface area contributed by atoms with Gasteiger partial charge in [0.25, 0.3) is 0 Å². The Balaban J connectivity index is 2.02. The van der Waals surface area contributed by atoms with Gasteiger partial charge in [-0.3, -0.25) is 0 Å². The molecule has 3 rings (SSSR count). The minimum absolute atomic E-state index is 0.0337. The first-order valence-electron chi connectivity index (χ1n) is 7.31. The van der Waals surface area contributed by atoms with E-state index in [4.69, 9.17) is 20.8 Å². The molecule has 0 bridgehead atoms. The predicted molar refractivity (Wildman–Crippen MR) is 93.3 cm³/mol. The summed E-state index contributed by atoms with van der Waals surface area (Å²) < 4.78 is 10.5. The van der Waals surface area contributed by atoms with E-state index in [1.807, 2.05) is 6.92 Å². The number of benzene rings is 2. The van der Waals surface area contributed by atoms with Gasteiger partial charge in [-0.25, -0.2) is 9.78 Å².